The third-order valence-corrected chi connectivity index (χ3v) is 4.06. The summed E-state index contributed by atoms with van der Waals surface area (Å²) in [6.07, 6.45) is 2.97. The van der Waals surface area contributed by atoms with E-state index in [4.69, 9.17) is 12.2 Å². The van der Waals surface area contributed by atoms with Gasteiger partial charge in [0.25, 0.3) is 0 Å². The van der Waals surface area contributed by atoms with E-state index in [2.05, 4.69) is 0 Å². The average Bonchev–Trinajstić information content (AvgIpc) is 2.50. The Kier molecular flexibility index (Phi) is 2.66. The van der Waals surface area contributed by atoms with E-state index < -0.39 is 0 Å². The van der Waals surface area contributed by atoms with Gasteiger partial charge in [0, 0.05) is 10.9 Å². The highest BCUT2D eigenvalue weighted by Gasteiger charge is 2.37. The molecule has 0 saturated carbocycles. The fourth-order valence-corrected chi connectivity index (χ4v) is 3.61. The second-order valence-corrected chi connectivity index (χ2v) is 5.46. The number of amides is 1. The molecule has 0 radical (unpaired) electrons. The van der Waals surface area contributed by atoms with Crippen LogP contribution in [0.1, 0.15) is 20.3 Å². The van der Waals surface area contributed by atoms with Crippen molar-refractivity contribution in [2.45, 2.75) is 26.3 Å². The summed E-state index contributed by atoms with van der Waals surface area (Å²) >= 11 is 6.99. The third-order valence-electron chi connectivity index (χ3n) is 2.57. The minimum Gasteiger partial charge on any atom is -0.300 e. The lowest BCUT2D eigenvalue weighted by Gasteiger charge is -2.32. The van der Waals surface area contributed by atoms with E-state index in [1.165, 1.54) is 4.91 Å². The van der Waals surface area contributed by atoms with Crippen molar-refractivity contribution in [2.24, 2.45) is 5.92 Å². The Morgan fingerprint density at radius 2 is 2.36 bits per heavy atom. The van der Waals surface area contributed by atoms with E-state index in [1.54, 1.807) is 16.7 Å². The summed E-state index contributed by atoms with van der Waals surface area (Å²) in [5.74, 6) is 1.36. The second kappa shape index (κ2) is 3.66. The molecule has 1 amide bonds. The van der Waals surface area contributed by atoms with Crippen LogP contribution in [0.25, 0.3) is 0 Å². The number of thioether (sulfide) groups is 1. The van der Waals surface area contributed by atoms with Crippen molar-refractivity contribution in [1.82, 2.24) is 4.90 Å². The Morgan fingerprint density at radius 1 is 1.64 bits per heavy atom. The maximum atomic E-state index is 12.0. The summed E-state index contributed by atoms with van der Waals surface area (Å²) in [6, 6.07) is 0.179. The van der Waals surface area contributed by atoms with Crippen LogP contribution in [0, 0.1) is 5.92 Å². The molecule has 0 aromatic heterocycles. The highest BCUT2D eigenvalue weighted by atomic mass is 32.2. The van der Waals surface area contributed by atoms with Crippen LogP contribution in [-0.4, -0.2) is 27.6 Å². The normalized spacial score (nSPS) is 26.9. The molecule has 2 nitrogen and oxygen atoms in total. The predicted octanol–water partition coefficient (Wildman–Crippen LogP) is 2.20. The van der Waals surface area contributed by atoms with Crippen LogP contribution in [0.3, 0.4) is 0 Å². The predicted molar refractivity (Wildman–Crippen MR) is 63.2 cm³/mol. The van der Waals surface area contributed by atoms with Crippen LogP contribution < -0.4 is 0 Å². The molecule has 2 rings (SSSR count). The second-order valence-electron chi connectivity index (χ2n) is 3.88. The van der Waals surface area contributed by atoms with Crippen molar-refractivity contribution in [3.63, 3.8) is 0 Å². The lowest BCUT2D eigenvalue weighted by molar-refractivity contribution is -0.131. The first kappa shape index (κ1) is 10.2. The zero-order valence-corrected chi connectivity index (χ0v) is 9.95. The number of nitrogens with zero attached hydrogens (tertiary/aromatic N) is 1. The molecule has 0 aliphatic carbocycles. The van der Waals surface area contributed by atoms with Gasteiger partial charge in [-0.15, -0.1) is 11.8 Å². The fraction of sp³-hybridized carbons (Fsp3) is 0.600. The number of carbonyl (C=O) groups excluding carboxylic acids is 1. The van der Waals surface area contributed by atoms with Crippen molar-refractivity contribution in [3.05, 3.63) is 11.0 Å². The molecule has 1 fully saturated rings. The minimum atomic E-state index is 0.106. The summed E-state index contributed by atoms with van der Waals surface area (Å²) < 4.78 is 0. The number of carbonyl (C=O) groups is 1. The molecule has 76 valence electrons. The van der Waals surface area contributed by atoms with Gasteiger partial charge >= 0.3 is 0 Å². The Labute approximate surface area is 93.7 Å². The number of hydrogen-bond acceptors (Lipinski definition) is 3. The molecule has 4 heteroatoms. The maximum Gasteiger partial charge on any atom is 0.235 e. The molecule has 2 heterocycles. The molecule has 0 aromatic carbocycles. The average molecular weight is 227 g/mol. The zero-order valence-electron chi connectivity index (χ0n) is 8.32. The van der Waals surface area contributed by atoms with Gasteiger partial charge in [0.2, 0.25) is 5.91 Å². The smallest absolute Gasteiger partial charge is 0.235 e. The molecular weight excluding hydrogens is 214 g/mol. The molecule has 14 heavy (non-hydrogen) atoms. The van der Waals surface area contributed by atoms with Crippen LogP contribution in [0.2, 0.25) is 0 Å². The van der Waals surface area contributed by atoms with E-state index in [0.717, 1.165) is 12.2 Å². The largest absolute Gasteiger partial charge is 0.300 e. The first-order chi connectivity index (χ1) is 6.61. The van der Waals surface area contributed by atoms with E-state index in [0.29, 0.717) is 4.99 Å². The molecule has 0 aromatic rings. The summed E-state index contributed by atoms with van der Waals surface area (Å²) in [4.78, 5) is 15.7. The van der Waals surface area contributed by atoms with Gasteiger partial charge < -0.3 is 4.90 Å². The number of fused-ring (bicyclic) bond motifs is 1. The quantitative estimate of drug-likeness (QED) is 0.641. The molecule has 1 unspecified atom stereocenters. The molecular formula is C10H13NOS2. The standard InChI is InChI=1S/C10H13NOS2/c1-6(2)11-9(13)5-8-7(10(11)12)3-4-14-8/h5-7H,3-4H2,1-2H3. The zero-order chi connectivity index (χ0) is 10.3. The summed E-state index contributed by atoms with van der Waals surface area (Å²) in [7, 11) is 0. The van der Waals surface area contributed by atoms with Crippen molar-refractivity contribution in [3.8, 4) is 0 Å². The van der Waals surface area contributed by atoms with Gasteiger partial charge in [0.15, 0.2) is 0 Å². The van der Waals surface area contributed by atoms with Gasteiger partial charge in [-0.05, 0) is 32.1 Å². The lowest BCUT2D eigenvalue weighted by atomic mass is 10.00. The van der Waals surface area contributed by atoms with E-state index >= 15 is 0 Å². The number of hydrogen-bond donors (Lipinski definition) is 0. The molecule has 0 spiro atoms. The van der Waals surface area contributed by atoms with Crippen LogP contribution in [-0.2, 0) is 4.79 Å². The van der Waals surface area contributed by atoms with E-state index in [-0.39, 0.29) is 17.9 Å². The van der Waals surface area contributed by atoms with Crippen LogP contribution in [0.4, 0.5) is 0 Å². The minimum absolute atomic E-state index is 0.106. The fourth-order valence-electron chi connectivity index (χ4n) is 1.90. The van der Waals surface area contributed by atoms with Gasteiger partial charge in [-0.2, -0.15) is 0 Å². The molecule has 0 bridgehead atoms. The summed E-state index contributed by atoms with van der Waals surface area (Å²) in [6.45, 7) is 4.01. The summed E-state index contributed by atoms with van der Waals surface area (Å²) in [5.41, 5.74) is 0. The first-order valence-corrected chi connectivity index (χ1v) is 6.22. The van der Waals surface area contributed by atoms with Crippen molar-refractivity contribution in [1.29, 1.82) is 0 Å². The topological polar surface area (TPSA) is 20.3 Å². The number of rotatable bonds is 1. The van der Waals surface area contributed by atoms with Gasteiger partial charge in [0.05, 0.1) is 5.92 Å². The SMILES string of the molecule is CC(C)N1C(=O)C2CCSC2=CC1=S. The van der Waals surface area contributed by atoms with Gasteiger partial charge in [-0.3, -0.25) is 4.79 Å². The molecule has 1 atom stereocenters. The number of thiocarbonyl (C=S) groups is 1. The first-order valence-electron chi connectivity index (χ1n) is 4.82. The van der Waals surface area contributed by atoms with Crippen LogP contribution >= 0.6 is 24.0 Å². The highest BCUT2D eigenvalue weighted by molar-refractivity contribution is 8.03. The van der Waals surface area contributed by atoms with Crippen LogP contribution in [0.5, 0.6) is 0 Å². The van der Waals surface area contributed by atoms with E-state index in [9.17, 15) is 4.79 Å². The monoisotopic (exact) mass is 227 g/mol. The Bertz CT molecular complexity index is 322. The highest BCUT2D eigenvalue weighted by Crippen LogP contribution is 2.40. The third kappa shape index (κ3) is 1.50. The van der Waals surface area contributed by atoms with Crippen molar-refractivity contribution < 1.29 is 4.79 Å². The molecule has 2 aliphatic rings. The molecule has 0 N–H and O–H groups in total. The Balaban J connectivity index is 2.34. The summed E-state index contributed by atoms with van der Waals surface area (Å²) in [5, 5.41) is 0. The van der Waals surface area contributed by atoms with E-state index in [1.807, 2.05) is 19.9 Å². The molecule has 1 saturated heterocycles. The van der Waals surface area contributed by atoms with Crippen molar-refractivity contribution in [2.75, 3.05) is 5.75 Å². The van der Waals surface area contributed by atoms with Crippen molar-refractivity contribution >= 4 is 34.9 Å². The van der Waals surface area contributed by atoms with Crippen LogP contribution in [0.15, 0.2) is 11.0 Å². The van der Waals surface area contributed by atoms with Gasteiger partial charge in [-0.1, -0.05) is 12.2 Å². The maximum absolute atomic E-state index is 12.0. The van der Waals surface area contributed by atoms with Gasteiger partial charge in [-0.25, -0.2) is 0 Å². The lowest BCUT2D eigenvalue weighted by Crippen LogP contribution is -2.46. The van der Waals surface area contributed by atoms with Gasteiger partial charge in [0.1, 0.15) is 4.99 Å². The molecule has 2 aliphatic heterocycles. The Hall–Kier alpha value is -0.350. The Morgan fingerprint density at radius 3 is 3.00 bits per heavy atom.